The fraction of sp³-hybridized carbons (Fsp3) is 0.429. The number of aromatic nitrogens is 2. The Morgan fingerprint density at radius 2 is 1.79 bits per heavy atom. The maximum atomic E-state index is 13.1. The summed E-state index contributed by atoms with van der Waals surface area (Å²) in [5.41, 5.74) is -1.42. The number of halogens is 3. The summed E-state index contributed by atoms with van der Waals surface area (Å²) < 4.78 is 45.4. The minimum absolute atomic E-state index is 0.103. The maximum absolute atomic E-state index is 13.1. The Labute approximate surface area is 187 Å². The highest BCUT2D eigenvalue weighted by molar-refractivity contribution is 5.93. The molecule has 0 unspecified atom stereocenters. The van der Waals surface area contributed by atoms with E-state index in [0.29, 0.717) is 26.2 Å². The number of alkyl halides is 3. The standard InChI is InChI=1S/C21H24F3N5O4/c1-33-13-12-29-19(31)7-6-17(26-29)20(32)28-10-8-27(9-11-28)14-18(30)25-16-5-3-2-4-15(16)21(22,23)24/h2-7H,8-14H2,1H3,(H,25,30). The molecule has 3 rings (SSSR count). The number of amides is 2. The van der Waals surface area contributed by atoms with Crippen LogP contribution in [0.2, 0.25) is 0 Å². The van der Waals surface area contributed by atoms with Crippen molar-refractivity contribution in [3.05, 3.63) is 58.0 Å². The number of benzene rings is 1. The number of piperazine rings is 1. The van der Waals surface area contributed by atoms with Gasteiger partial charge in [-0.05, 0) is 18.2 Å². The number of ether oxygens (including phenoxy) is 1. The smallest absolute Gasteiger partial charge is 0.383 e. The second-order valence-corrected chi connectivity index (χ2v) is 7.43. The van der Waals surface area contributed by atoms with E-state index in [4.69, 9.17) is 4.74 Å². The highest BCUT2D eigenvalue weighted by atomic mass is 19.4. The monoisotopic (exact) mass is 467 g/mol. The number of hydrogen-bond donors (Lipinski definition) is 1. The van der Waals surface area contributed by atoms with E-state index in [0.717, 1.165) is 10.7 Å². The summed E-state index contributed by atoms with van der Waals surface area (Å²) in [7, 11) is 1.49. The molecular weight excluding hydrogens is 443 g/mol. The maximum Gasteiger partial charge on any atom is 0.418 e. The third-order valence-corrected chi connectivity index (χ3v) is 5.13. The third-order valence-electron chi connectivity index (χ3n) is 5.13. The van der Waals surface area contributed by atoms with Crippen LogP contribution in [0.5, 0.6) is 0 Å². The quantitative estimate of drug-likeness (QED) is 0.660. The zero-order valence-corrected chi connectivity index (χ0v) is 18.0. The summed E-state index contributed by atoms with van der Waals surface area (Å²) in [6.45, 7) is 1.74. The van der Waals surface area contributed by atoms with Crippen LogP contribution in [0.25, 0.3) is 0 Å². The van der Waals surface area contributed by atoms with Crippen LogP contribution < -0.4 is 10.9 Å². The first-order valence-corrected chi connectivity index (χ1v) is 10.2. The Hall–Kier alpha value is -3.25. The number of nitrogens with one attached hydrogen (secondary N) is 1. The first-order chi connectivity index (χ1) is 15.7. The molecule has 178 valence electrons. The van der Waals surface area contributed by atoms with Gasteiger partial charge in [0.05, 0.1) is 30.9 Å². The third kappa shape index (κ3) is 6.39. The van der Waals surface area contributed by atoms with Crippen LogP contribution >= 0.6 is 0 Å². The zero-order chi connectivity index (χ0) is 24.0. The van der Waals surface area contributed by atoms with Crippen molar-refractivity contribution < 1.29 is 27.5 Å². The van der Waals surface area contributed by atoms with E-state index >= 15 is 0 Å². The van der Waals surface area contributed by atoms with E-state index in [-0.39, 0.29) is 42.5 Å². The van der Waals surface area contributed by atoms with Crippen LogP contribution in [-0.4, -0.2) is 77.8 Å². The van der Waals surface area contributed by atoms with Gasteiger partial charge in [0.1, 0.15) is 5.69 Å². The highest BCUT2D eigenvalue weighted by Crippen LogP contribution is 2.34. The van der Waals surface area contributed by atoms with Crippen molar-refractivity contribution in [3.8, 4) is 0 Å². The molecule has 1 N–H and O–H groups in total. The van der Waals surface area contributed by atoms with Gasteiger partial charge in [-0.3, -0.25) is 19.3 Å². The lowest BCUT2D eigenvalue weighted by Gasteiger charge is -2.34. The normalized spacial score (nSPS) is 14.8. The average Bonchev–Trinajstić information content (AvgIpc) is 2.78. The molecule has 0 aliphatic carbocycles. The van der Waals surface area contributed by atoms with Gasteiger partial charge in [-0.1, -0.05) is 12.1 Å². The van der Waals surface area contributed by atoms with Gasteiger partial charge in [-0.15, -0.1) is 0 Å². The topological polar surface area (TPSA) is 96.8 Å². The van der Waals surface area contributed by atoms with Crippen LogP contribution in [0.3, 0.4) is 0 Å². The summed E-state index contributed by atoms with van der Waals surface area (Å²) in [4.78, 5) is 40.2. The van der Waals surface area contributed by atoms with E-state index in [1.54, 1.807) is 9.80 Å². The molecule has 0 spiro atoms. The Morgan fingerprint density at radius 1 is 1.09 bits per heavy atom. The molecule has 1 aromatic carbocycles. The predicted molar refractivity (Wildman–Crippen MR) is 113 cm³/mol. The number of rotatable bonds is 7. The Kier molecular flexibility index (Phi) is 7.82. The number of hydrogen-bond acceptors (Lipinski definition) is 6. The van der Waals surface area contributed by atoms with Gasteiger partial charge in [0.15, 0.2) is 0 Å². The number of para-hydroxylation sites is 1. The summed E-state index contributed by atoms with van der Waals surface area (Å²) in [5.74, 6) is -0.914. The van der Waals surface area contributed by atoms with Crippen LogP contribution in [0.1, 0.15) is 16.1 Å². The van der Waals surface area contributed by atoms with Crippen molar-refractivity contribution in [1.29, 1.82) is 0 Å². The van der Waals surface area contributed by atoms with E-state index in [9.17, 15) is 27.6 Å². The minimum atomic E-state index is -4.57. The van der Waals surface area contributed by atoms with Crippen LogP contribution in [0, 0.1) is 0 Å². The second-order valence-electron chi connectivity index (χ2n) is 7.43. The molecule has 33 heavy (non-hydrogen) atoms. The molecule has 1 aliphatic heterocycles. The summed E-state index contributed by atoms with van der Waals surface area (Å²) in [5, 5.41) is 6.41. The largest absolute Gasteiger partial charge is 0.418 e. The molecule has 1 aromatic heterocycles. The summed E-state index contributed by atoms with van der Waals surface area (Å²) >= 11 is 0. The lowest BCUT2D eigenvalue weighted by molar-refractivity contribution is -0.137. The van der Waals surface area contributed by atoms with Crippen LogP contribution in [0.4, 0.5) is 18.9 Å². The number of carbonyl (C=O) groups is 2. The molecule has 1 fully saturated rings. The molecule has 0 atom stereocenters. The molecule has 9 nitrogen and oxygen atoms in total. The number of nitrogens with zero attached hydrogens (tertiary/aromatic N) is 4. The van der Waals surface area contributed by atoms with Gasteiger partial charge < -0.3 is 15.0 Å². The number of methoxy groups -OCH3 is 1. The fourth-order valence-corrected chi connectivity index (χ4v) is 3.40. The minimum Gasteiger partial charge on any atom is -0.383 e. The van der Waals surface area contributed by atoms with E-state index in [1.165, 1.54) is 37.4 Å². The average molecular weight is 467 g/mol. The van der Waals surface area contributed by atoms with Gasteiger partial charge in [0.2, 0.25) is 5.91 Å². The lowest BCUT2D eigenvalue weighted by Crippen LogP contribution is -2.50. The summed E-state index contributed by atoms with van der Waals surface area (Å²) in [6.07, 6.45) is -4.57. The summed E-state index contributed by atoms with van der Waals surface area (Å²) in [6, 6.07) is 7.43. The number of carbonyl (C=O) groups excluding carboxylic acids is 2. The van der Waals surface area contributed by atoms with Crippen LogP contribution in [0.15, 0.2) is 41.2 Å². The van der Waals surface area contributed by atoms with E-state index < -0.39 is 17.6 Å². The molecule has 0 radical (unpaired) electrons. The molecule has 1 aliphatic rings. The van der Waals surface area contributed by atoms with Crippen molar-refractivity contribution in [2.24, 2.45) is 0 Å². The van der Waals surface area contributed by atoms with Gasteiger partial charge in [0.25, 0.3) is 11.5 Å². The van der Waals surface area contributed by atoms with Crippen molar-refractivity contribution in [2.75, 3.05) is 51.8 Å². The van der Waals surface area contributed by atoms with Crippen LogP contribution in [-0.2, 0) is 22.3 Å². The molecular formula is C21H24F3N5O4. The van der Waals surface area contributed by atoms with Gasteiger partial charge >= 0.3 is 6.18 Å². The van der Waals surface area contributed by atoms with Gasteiger partial charge in [-0.25, -0.2) is 4.68 Å². The van der Waals surface area contributed by atoms with Gasteiger partial charge in [0, 0.05) is 39.4 Å². The SMILES string of the molecule is COCCn1nc(C(=O)N2CCN(CC(=O)Nc3ccccc3C(F)(F)F)CC2)ccc1=O. The zero-order valence-electron chi connectivity index (χ0n) is 18.0. The molecule has 1 saturated heterocycles. The van der Waals surface area contributed by atoms with Crippen molar-refractivity contribution in [1.82, 2.24) is 19.6 Å². The van der Waals surface area contributed by atoms with E-state index in [1.807, 2.05) is 0 Å². The molecule has 2 heterocycles. The molecule has 2 aromatic rings. The number of anilines is 1. The molecule has 0 bridgehead atoms. The first-order valence-electron chi connectivity index (χ1n) is 10.2. The molecule has 12 heteroatoms. The van der Waals surface area contributed by atoms with Gasteiger partial charge in [-0.2, -0.15) is 18.3 Å². The van der Waals surface area contributed by atoms with Crippen molar-refractivity contribution in [2.45, 2.75) is 12.7 Å². The van der Waals surface area contributed by atoms with E-state index in [2.05, 4.69) is 10.4 Å². The van der Waals surface area contributed by atoms with Crippen molar-refractivity contribution in [3.63, 3.8) is 0 Å². The predicted octanol–water partition coefficient (Wildman–Crippen LogP) is 1.30. The Bertz CT molecular complexity index is 1050. The fourth-order valence-electron chi connectivity index (χ4n) is 3.40. The lowest BCUT2D eigenvalue weighted by atomic mass is 10.1. The Morgan fingerprint density at radius 3 is 2.45 bits per heavy atom. The second kappa shape index (κ2) is 10.6. The highest BCUT2D eigenvalue weighted by Gasteiger charge is 2.33. The Balaban J connectivity index is 1.55. The molecule has 2 amide bonds. The molecule has 0 saturated carbocycles. The first kappa shape index (κ1) is 24.4. The van der Waals surface area contributed by atoms with Crippen molar-refractivity contribution >= 4 is 17.5 Å².